The Balaban J connectivity index is 2.12. The van der Waals surface area contributed by atoms with Crippen molar-refractivity contribution in [1.29, 1.82) is 0 Å². The van der Waals surface area contributed by atoms with Crippen LogP contribution in [0.5, 0.6) is 5.75 Å². The van der Waals surface area contributed by atoms with Gasteiger partial charge in [-0.2, -0.15) is 0 Å². The third-order valence-corrected chi connectivity index (χ3v) is 4.02. The number of rotatable bonds is 6. The quantitative estimate of drug-likeness (QED) is 0.724. The van der Waals surface area contributed by atoms with E-state index < -0.39 is 30.0 Å². The lowest BCUT2D eigenvalue weighted by Gasteiger charge is -2.22. The van der Waals surface area contributed by atoms with Gasteiger partial charge < -0.3 is 15.4 Å². The Bertz CT molecular complexity index is 856. The van der Waals surface area contributed by atoms with Crippen molar-refractivity contribution in [1.82, 2.24) is 5.32 Å². The van der Waals surface area contributed by atoms with Gasteiger partial charge in [0, 0.05) is 11.8 Å². The number of hydrogen-bond acceptors (Lipinski definition) is 3. The highest BCUT2D eigenvalue weighted by Crippen LogP contribution is 2.25. The van der Waals surface area contributed by atoms with Crippen LogP contribution in [-0.4, -0.2) is 24.2 Å². The molecule has 0 aliphatic rings. The number of amides is 2. The summed E-state index contributed by atoms with van der Waals surface area (Å²) in [6, 6.07) is 10.3. The zero-order chi connectivity index (χ0) is 20.9. The van der Waals surface area contributed by atoms with Crippen molar-refractivity contribution in [3.8, 4) is 5.75 Å². The third kappa shape index (κ3) is 6.16. The Morgan fingerprint density at radius 1 is 1.07 bits per heavy atom. The molecule has 0 heterocycles. The lowest BCUT2D eigenvalue weighted by molar-refractivity contribution is -0.274. The maximum Gasteiger partial charge on any atom is 0.573 e. The second kappa shape index (κ2) is 8.97. The van der Waals surface area contributed by atoms with E-state index in [9.17, 15) is 22.8 Å². The van der Waals surface area contributed by atoms with E-state index in [0.717, 1.165) is 12.1 Å². The number of anilines is 1. The van der Waals surface area contributed by atoms with Crippen molar-refractivity contribution in [2.45, 2.75) is 26.3 Å². The van der Waals surface area contributed by atoms with Crippen LogP contribution in [0.15, 0.2) is 48.5 Å². The van der Waals surface area contributed by atoms with Gasteiger partial charge in [-0.05, 0) is 30.2 Å². The highest BCUT2D eigenvalue weighted by Gasteiger charge is 2.31. The first-order chi connectivity index (χ1) is 13.1. The summed E-state index contributed by atoms with van der Waals surface area (Å²) >= 11 is 5.99. The van der Waals surface area contributed by atoms with E-state index >= 15 is 0 Å². The first kappa shape index (κ1) is 21.6. The largest absolute Gasteiger partial charge is 0.573 e. The van der Waals surface area contributed by atoms with Crippen LogP contribution in [0, 0.1) is 5.92 Å². The molecule has 0 fully saturated rings. The molecule has 0 spiro atoms. The fourth-order valence-electron chi connectivity index (χ4n) is 2.39. The highest BCUT2D eigenvalue weighted by molar-refractivity contribution is 6.33. The predicted molar refractivity (Wildman–Crippen MR) is 99.3 cm³/mol. The lowest BCUT2D eigenvalue weighted by atomic mass is 10.0. The van der Waals surface area contributed by atoms with Gasteiger partial charge in [0.05, 0.1) is 10.6 Å². The fourth-order valence-corrected chi connectivity index (χ4v) is 2.61. The van der Waals surface area contributed by atoms with Gasteiger partial charge >= 0.3 is 6.36 Å². The molecule has 1 unspecified atom stereocenters. The monoisotopic (exact) mass is 414 g/mol. The van der Waals surface area contributed by atoms with Gasteiger partial charge in [-0.15, -0.1) is 13.2 Å². The molecule has 2 amide bonds. The Hall–Kier alpha value is -2.74. The summed E-state index contributed by atoms with van der Waals surface area (Å²) in [7, 11) is 0. The smallest absolute Gasteiger partial charge is 0.406 e. The molecule has 0 bridgehead atoms. The van der Waals surface area contributed by atoms with Crippen LogP contribution < -0.4 is 15.4 Å². The standard InChI is InChI=1S/C19H18ClF3N2O3/c1-11(2)16(25-17(26)14-8-3-4-9-15(14)20)18(27)24-12-6-5-7-13(10-12)28-19(21,22)23/h3-11,16H,1-2H3,(H,24,27)(H,25,26). The van der Waals surface area contributed by atoms with Gasteiger partial charge in [-0.3, -0.25) is 9.59 Å². The predicted octanol–water partition coefficient (Wildman–Crippen LogP) is 4.63. The van der Waals surface area contributed by atoms with Gasteiger partial charge in [0.2, 0.25) is 5.91 Å². The van der Waals surface area contributed by atoms with Crippen LogP contribution in [0.1, 0.15) is 24.2 Å². The van der Waals surface area contributed by atoms with Crippen molar-refractivity contribution < 1.29 is 27.5 Å². The zero-order valence-corrected chi connectivity index (χ0v) is 15.8. The summed E-state index contributed by atoms with van der Waals surface area (Å²) in [5.74, 6) is -1.87. The Labute approximate surface area is 164 Å². The summed E-state index contributed by atoms with van der Waals surface area (Å²) in [5, 5.41) is 5.32. The normalized spacial score (nSPS) is 12.4. The Morgan fingerprint density at radius 2 is 1.75 bits per heavy atom. The molecule has 0 saturated heterocycles. The summed E-state index contributed by atoms with van der Waals surface area (Å²) in [6.07, 6.45) is -4.84. The first-order valence-corrected chi connectivity index (χ1v) is 8.66. The van der Waals surface area contributed by atoms with E-state index in [1.54, 1.807) is 32.0 Å². The van der Waals surface area contributed by atoms with Crippen LogP contribution >= 0.6 is 11.6 Å². The SMILES string of the molecule is CC(C)C(NC(=O)c1ccccc1Cl)C(=O)Nc1cccc(OC(F)(F)F)c1. The maximum absolute atomic E-state index is 12.6. The first-order valence-electron chi connectivity index (χ1n) is 8.29. The number of carbonyl (C=O) groups excluding carboxylic acids is 2. The summed E-state index contributed by atoms with van der Waals surface area (Å²) in [4.78, 5) is 25.0. The molecule has 0 aromatic heterocycles. The topological polar surface area (TPSA) is 67.4 Å². The number of benzene rings is 2. The van der Waals surface area contributed by atoms with E-state index in [4.69, 9.17) is 11.6 Å². The average Bonchev–Trinajstić information content (AvgIpc) is 2.58. The summed E-state index contributed by atoms with van der Waals surface area (Å²) in [6.45, 7) is 3.45. The zero-order valence-electron chi connectivity index (χ0n) is 15.0. The molecule has 28 heavy (non-hydrogen) atoms. The maximum atomic E-state index is 12.6. The van der Waals surface area contributed by atoms with Crippen molar-refractivity contribution in [3.63, 3.8) is 0 Å². The minimum atomic E-state index is -4.84. The second-order valence-corrected chi connectivity index (χ2v) is 6.65. The van der Waals surface area contributed by atoms with Crippen molar-refractivity contribution in [3.05, 3.63) is 59.1 Å². The molecule has 1 atom stereocenters. The summed E-state index contributed by atoms with van der Waals surface area (Å²) < 4.78 is 40.8. The van der Waals surface area contributed by atoms with Crippen molar-refractivity contribution >= 4 is 29.1 Å². The molecule has 0 aliphatic heterocycles. The van der Waals surface area contributed by atoms with Gasteiger partial charge in [-0.25, -0.2) is 0 Å². The van der Waals surface area contributed by atoms with Crippen molar-refractivity contribution in [2.24, 2.45) is 5.92 Å². The number of carbonyl (C=O) groups is 2. The molecule has 2 rings (SSSR count). The molecule has 2 aromatic carbocycles. The third-order valence-electron chi connectivity index (χ3n) is 3.69. The minimum absolute atomic E-state index is 0.101. The van der Waals surface area contributed by atoms with Crippen LogP contribution in [0.4, 0.5) is 18.9 Å². The summed E-state index contributed by atoms with van der Waals surface area (Å²) in [5.41, 5.74) is 0.313. The van der Waals surface area contributed by atoms with E-state index in [-0.39, 0.29) is 22.2 Å². The molecule has 0 radical (unpaired) electrons. The van der Waals surface area contributed by atoms with E-state index in [1.165, 1.54) is 18.2 Å². The molecular weight excluding hydrogens is 397 g/mol. The number of nitrogens with one attached hydrogen (secondary N) is 2. The van der Waals surface area contributed by atoms with Gasteiger partial charge in [0.15, 0.2) is 0 Å². The average molecular weight is 415 g/mol. The number of alkyl halides is 3. The molecule has 9 heteroatoms. The second-order valence-electron chi connectivity index (χ2n) is 6.24. The van der Waals surface area contributed by atoms with Crippen molar-refractivity contribution in [2.75, 3.05) is 5.32 Å². The molecule has 0 saturated carbocycles. The van der Waals surface area contributed by atoms with Crippen LogP contribution in [-0.2, 0) is 4.79 Å². The van der Waals surface area contributed by atoms with E-state index in [2.05, 4.69) is 15.4 Å². The molecule has 2 N–H and O–H groups in total. The molecule has 2 aromatic rings. The highest BCUT2D eigenvalue weighted by atomic mass is 35.5. The van der Waals surface area contributed by atoms with E-state index in [0.29, 0.717) is 0 Å². The Kier molecular flexibility index (Phi) is 6.90. The molecule has 5 nitrogen and oxygen atoms in total. The molecular formula is C19H18ClF3N2O3. The molecule has 0 aliphatic carbocycles. The molecule has 150 valence electrons. The van der Waals surface area contributed by atoms with Crippen LogP contribution in [0.2, 0.25) is 5.02 Å². The van der Waals surface area contributed by atoms with Gasteiger partial charge in [0.1, 0.15) is 11.8 Å². The van der Waals surface area contributed by atoms with Gasteiger partial charge in [-0.1, -0.05) is 43.6 Å². The number of ether oxygens (including phenoxy) is 1. The lowest BCUT2D eigenvalue weighted by Crippen LogP contribution is -2.47. The van der Waals surface area contributed by atoms with E-state index in [1.807, 2.05) is 0 Å². The minimum Gasteiger partial charge on any atom is -0.406 e. The fraction of sp³-hybridized carbons (Fsp3) is 0.263. The van der Waals surface area contributed by atoms with Crippen LogP contribution in [0.25, 0.3) is 0 Å². The van der Waals surface area contributed by atoms with Crippen LogP contribution in [0.3, 0.4) is 0 Å². The number of hydrogen-bond donors (Lipinski definition) is 2. The number of halogens is 4. The Morgan fingerprint density at radius 3 is 2.36 bits per heavy atom. The van der Waals surface area contributed by atoms with Gasteiger partial charge in [0.25, 0.3) is 5.91 Å².